The van der Waals surface area contributed by atoms with Gasteiger partial charge in [0.15, 0.2) is 0 Å². The van der Waals surface area contributed by atoms with Crippen LogP contribution in [-0.4, -0.2) is 31.8 Å². The van der Waals surface area contributed by atoms with Crippen LogP contribution in [0.4, 0.5) is 14.5 Å². The third kappa shape index (κ3) is 5.15. The van der Waals surface area contributed by atoms with E-state index in [0.717, 1.165) is 31.6 Å². The number of hydrogen-bond acceptors (Lipinski definition) is 3. The van der Waals surface area contributed by atoms with Crippen molar-refractivity contribution in [2.24, 2.45) is 0 Å². The standard InChI is InChI=1S/C14H16F2INO3/c15-11-6-9(7-12(16)14(11)17)18-13(19)3-5-20-8-10-2-1-4-21-10/h6-7,10H,1-5,8H2,(H,18,19). The molecule has 7 heteroatoms. The first-order valence-electron chi connectivity index (χ1n) is 6.70. The Balaban J connectivity index is 1.71. The van der Waals surface area contributed by atoms with Gasteiger partial charge >= 0.3 is 0 Å². The van der Waals surface area contributed by atoms with Crippen LogP contribution in [0, 0.1) is 15.2 Å². The van der Waals surface area contributed by atoms with Crippen LogP contribution in [0.2, 0.25) is 0 Å². The third-order valence-corrected chi connectivity index (χ3v) is 4.10. The quantitative estimate of drug-likeness (QED) is 0.445. The molecule has 0 bridgehead atoms. The van der Waals surface area contributed by atoms with E-state index < -0.39 is 11.6 Å². The number of halogens is 3. The minimum atomic E-state index is -0.694. The van der Waals surface area contributed by atoms with Crippen LogP contribution in [0.3, 0.4) is 0 Å². The molecule has 1 fully saturated rings. The molecule has 0 radical (unpaired) electrons. The maximum atomic E-state index is 13.3. The van der Waals surface area contributed by atoms with Crippen LogP contribution in [0.25, 0.3) is 0 Å². The van der Waals surface area contributed by atoms with Crippen molar-refractivity contribution in [3.63, 3.8) is 0 Å². The molecule has 1 aliphatic heterocycles. The van der Waals surface area contributed by atoms with Gasteiger partial charge in [0.2, 0.25) is 5.91 Å². The first kappa shape index (κ1) is 16.6. The van der Waals surface area contributed by atoms with Crippen molar-refractivity contribution in [1.82, 2.24) is 0 Å². The lowest BCUT2D eigenvalue weighted by Gasteiger charge is -2.10. The van der Waals surface area contributed by atoms with E-state index in [0.29, 0.717) is 6.61 Å². The molecule has 2 rings (SSSR count). The van der Waals surface area contributed by atoms with Crippen LogP contribution in [0.15, 0.2) is 12.1 Å². The SMILES string of the molecule is O=C(CCOCC1CCCO1)Nc1cc(F)c(I)c(F)c1. The average molecular weight is 411 g/mol. The zero-order valence-corrected chi connectivity index (χ0v) is 13.5. The third-order valence-electron chi connectivity index (χ3n) is 3.07. The van der Waals surface area contributed by atoms with Crippen LogP contribution < -0.4 is 5.32 Å². The Morgan fingerprint density at radius 1 is 1.43 bits per heavy atom. The first-order valence-corrected chi connectivity index (χ1v) is 7.78. The van der Waals surface area contributed by atoms with Gasteiger partial charge in [0, 0.05) is 12.3 Å². The normalized spacial score (nSPS) is 18.0. The Labute approximate surface area is 135 Å². The van der Waals surface area contributed by atoms with Gasteiger partial charge in [0.05, 0.1) is 29.3 Å². The van der Waals surface area contributed by atoms with Gasteiger partial charge in [0.1, 0.15) is 11.6 Å². The number of amides is 1. The van der Waals surface area contributed by atoms with Crippen LogP contribution in [0.5, 0.6) is 0 Å². The van der Waals surface area contributed by atoms with Crippen molar-refractivity contribution in [3.05, 3.63) is 27.3 Å². The maximum Gasteiger partial charge on any atom is 0.226 e. The number of ether oxygens (including phenoxy) is 2. The summed E-state index contributed by atoms with van der Waals surface area (Å²) < 4.78 is 37.3. The second-order valence-corrected chi connectivity index (χ2v) is 5.84. The van der Waals surface area contributed by atoms with Crippen molar-refractivity contribution in [1.29, 1.82) is 0 Å². The van der Waals surface area contributed by atoms with E-state index >= 15 is 0 Å². The minimum absolute atomic E-state index is 0.0921. The number of anilines is 1. The fourth-order valence-corrected chi connectivity index (χ4v) is 2.32. The van der Waals surface area contributed by atoms with Gasteiger partial charge in [-0.2, -0.15) is 0 Å². The molecule has 1 N–H and O–H groups in total. The molecule has 21 heavy (non-hydrogen) atoms. The highest BCUT2D eigenvalue weighted by molar-refractivity contribution is 14.1. The number of hydrogen-bond donors (Lipinski definition) is 1. The van der Waals surface area contributed by atoms with Crippen molar-refractivity contribution >= 4 is 34.2 Å². The lowest BCUT2D eigenvalue weighted by atomic mass is 10.2. The van der Waals surface area contributed by atoms with Gasteiger partial charge < -0.3 is 14.8 Å². The number of rotatable bonds is 6. The van der Waals surface area contributed by atoms with Crippen molar-refractivity contribution < 1.29 is 23.0 Å². The van der Waals surface area contributed by atoms with Gasteiger partial charge in [-0.3, -0.25) is 4.79 Å². The second-order valence-electron chi connectivity index (χ2n) is 4.76. The van der Waals surface area contributed by atoms with Crippen LogP contribution in [-0.2, 0) is 14.3 Å². The Hall–Kier alpha value is -0.800. The van der Waals surface area contributed by atoms with Crippen LogP contribution >= 0.6 is 22.6 Å². The molecular weight excluding hydrogens is 395 g/mol. The lowest BCUT2D eigenvalue weighted by Crippen LogP contribution is -2.18. The van der Waals surface area contributed by atoms with Gasteiger partial charge in [-0.05, 0) is 47.6 Å². The first-order chi connectivity index (χ1) is 10.1. The molecule has 0 aromatic heterocycles. The largest absolute Gasteiger partial charge is 0.378 e. The molecule has 1 aromatic rings. The zero-order valence-electron chi connectivity index (χ0n) is 11.3. The molecule has 1 saturated heterocycles. The molecule has 0 spiro atoms. The summed E-state index contributed by atoms with van der Waals surface area (Å²) >= 11 is 1.57. The highest BCUT2D eigenvalue weighted by Crippen LogP contribution is 2.20. The topological polar surface area (TPSA) is 47.6 Å². The summed E-state index contributed by atoms with van der Waals surface area (Å²) in [5.41, 5.74) is 0.106. The summed E-state index contributed by atoms with van der Waals surface area (Å²) in [6.07, 6.45) is 2.26. The van der Waals surface area contributed by atoms with Crippen molar-refractivity contribution in [3.8, 4) is 0 Å². The smallest absolute Gasteiger partial charge is 0.226 e. The van der Waals surface area contributed by atoms with Gasteiger partial charge in [-0.15, -0.1) is 0 Å². The Morgan fingerprint density at radius 3 is 2.76 bits per heavy atom. The monoisotopic (exact) mass is 411 g/mol. The van der Waals surface area contributed by atoms with E-state index in [1.165, 1.54) is 0 Å². The molecule has 1 aromatic carbocycles. The van der Waals surface area contributed by atoms with Gasteiger partial charge in [0.25, 0.3) is 0 Å². The fourth-order valence-electron chi connectivity index (χ4n) is 2.01. The molecule has 0 aliphatic carbocycles. The van der Waals surface area contributed by atoms with E-state index in [1.54, 1.807) is 22.6 Å². The summed E-state index contributed by atoms with van der Waals surface area (Å²) in [6.45, 7) is 1.49. The zero-order chi connectivity index (χ0) is 15.2. The highest BCUT2D eigenvalue weighted by Gasteiger charge is 2.15. The van der Waals surface area contributed by atoms with Gasteiger partial charge in [-0.25, -0.2) is 8.78 Å². The highest BCUT2D eigenvalue weighted by atomic mass is 127. The molecule has 1 heterocycles. The summed E-state index contributed by atoms with van der Waals surface area (Å²) in [6, 6.07) is 2.19. The number of nitrogens with one attached hydrogen (secondary N) is 1. The van der Waals surface area contributed by atoms with E-state index in [9.17, 15) is 13.6 Å². The molecule has 1 aliphatic rings. The van der Waals surface area contributed by atoms with Gasteiger partial charge in [-0.1, -0.05) is 0 Å². The molecule has 4 nitrogen and oxygen atoms in total. The Kier molecular flexibility index (Phi) is 6.31. The maximum absolute atomic E-state index is 13.3. The van der Waals surface area contributed by atoms with E-state index in [-0.39, 0.29) is 34.3 Å². The molecule has 0 saturated carbocycles. The number of carbonyl (C=O) groups is 1. The summed E-state index contributed by atoms with van der Waals surface area (Å²) in [5, 5.41) is 2.45. The fraction of sp³-hybridized carbons (Fsp3) is 0.500. The average Bonchev–Trinajstić information content (AvgIpc) is 2.94. The lowest BCUT2D eigenvalue weighted by molar-refractivity contribution is -0.117. The van der Waals surface area contributed by atoms with E-state index in [2.05, 4.69) is 5.32 Å². The van der Waals surface area contributed by atoms with Crippen LogP contribution in [0.1, 0.15) is 19.3 Å². The van der Waals surface area contributed by atoms with Crippen molar-refractivity contribution in [2.45, 2.75) is 25.4 Å². The van der Waals surface area contributed by atoms with E-state index in [4.69, 9.17) is 9.47 Å². The molecule has 1 amide bonds. The van der Waals surface area contributed by atoms with E-state index in [1.807, 2.05) is 0 Å². The summed E-state index contributed by atoms with van der Waals surface area (Å²) in [5.74, 6) is -1.73. The molecule has 1 unspecified atom stereocenters. The summed E-state index contributed by atoms with van der Waals surface area (Å²) in [4.78, 5) is 11.6. The second kappa shape index (κ2) is 8.00. The molecule has 1 atom stereocenters. The van der Waals surface area contributed by atoms with Crippen molar-refractivity contribution in [2.75, 3.05) is 25.1 Å². The summed E-state index contributed by atoms with van der Waals surface area (Å²) in [7, 11) is 0. The predicted octanol–water partition coefficient (Wildman–Crippen LogP) is 3.09. The molecular formula is C14H16F2INO3. The Morgan fingerprint density at radius 2 is 2.14 bits per heavy atom. The Bertz CT molecular complexity index is 484. The number of carbonyl (C=O) groups excluding carboxylic acids is 1. The predicted molar refractivity (Wildman–Crippen MR) is 82.1 cm³/mol. The number of benzene rings is 1. The minimum Gasteiger partial charge on any atom is -0.378 e. The molecule has 116 valence electrons.